The van der Waals surface area contributed by atoms with E-state index < -0.39 is 11.6 Å². The highest BCUT2D eigenvalue weighted by molar-refractivity contribution is 5.88. The first-order chi connectivity index (χ1) is 12.2. The third-order valence-electron chi connectivity index (χ3n) is 5.15. The first-order valence-electron chi connectivity index (χ1n) is 8.70. The van der Waals surface area contributed by atoms with Crippen molar-refractivity contribution < 1.29 is 14.6 Å². The van der Waals surface area contributed by atoms with Crippen LogP contribution < -0.4 is 0 Å². The van der Waals surface area contributed by atoms with Gasteiger partial charge in [-0.25, -0.2) is 0 Å². The van der Waals surface area contributed by atoms with Crippen LogP contribution in [0.2, 0.25) is 0 Å². The monoisotopic (exact) mass is 335 g/mol. The van der Waals surface area contributed by atoms with Crippen molar-refractivity contribution in [2.24, 2.45) is 0 Å². The standard InChI is InChI=1S/C21H21NO3/c1-2-14-7-6-10-16-17-11-12-25-21(13-18(23)24,20(17)22-19(14)16)15-8-4-3-5-9-15/h3-10,22H,2,11-13H2,1H3,(H,23,24). The summed E-state index contributed by atoms with van der Waals surface area (Å²) in [6.45, 7) is 2.64. The van der Waals surface area contributed by atoms with Gasteiger partial charge in [-0.1, -0.05) is 55.5 Å². The first kappa shape index (κ1) is 15.9. The van der Waals surface area contributed by atoms with E-state index in [0.29, 0.717) is 6.61 Å². The number of aliphatic carboxylic acids is 1. The number of para-hydroxylation sites is 1. The summed E-state index contributed by atoms with van der Waals surface area (Å²) in [5, 5.41) is 10.8. The molecule has 1 atom stereocenters. The van der Waals surface area contributed by atoms with E-state index >= 15 is 0 Å². The van der Waals surface area contributed by atoms with Crippen LogP contribution in [0.3, 0.4) is 0 Å². The van der Waals surface area contributed by atoms with Crippen LogP contribution in [0.15, 0.2) is 48.5 Å². The van der Waals surface area contributed by atoms with E-state index in [4.69, 9.17) is 4.74 Å². The molecule has 2 N–H and O–H groups in total. The molecule has 128 valence electrons. The number of aryl methyl sites for hydroxylation is 1. The van der Waals surface area contributed by atoms with E-state index in [2.05, 4.69) is 30.1 Å². The zero-order chi connectivity index (χ0) is 17.4. The minimum absolute atomic E-state index is 0.0989. The Kier molecular flexibility index (Phi) is 3.85. The molecule has 0 saturated carbocycles. The second-order valence-corrected chi connectivity index (χ2v) is 6.53. The summed E-state index contributed by atoms with van der Waals surface area (Å²) in [6.07, 6.45) is 1.61. The van der Waals surface area contributed by atoms with Crippen LogP contribution in [0.1, 0.15) is 35.7 Å². The average molecular weight is 335 g/mol. The molecule has 0 spiro atoms. The molecular formula is C21H21NO3. The largest absolute Gasteiger partial charge is 0.481 e. The van der Waals surface area contributed by atoms with Crippen LogP contribution >= 0.6 is 0 Å². The van der Waals surface area contributed by atoms with Crippen molar-refractivity contribution in [1.82, 2.24) is 4.98 Å². The molecule has 0 radical (unpaired) electrons. The van der Waals surface area contributed by atoms with E-state index in [-0.39, 0.29) is 6.42 Å². The quantitative estimate of drug-likeness (QED) is 0.757. The van der Waals surface area contributed by atoms with E-state index in [1.807, 2.05) is 30.3 Å². The van der Waals surface area contributed by atoms with Gasteiger partial charge in [0.25, 0.3) is 0 Å². The van der Waals surface area contributed by atoms with Crippen molar-refractivity contribution in [3.05, 3.63) is 70.9 Å². The Labute approximate surface area is 146 Å². The number of aromatic nitrogens is 1. The number of H-pyrrole nitrogens is 1. The zero-order valence-electron chi connectivity index (χ0n) is 14.2. The Morgan fingerprint density at radius 2 is 2.00 bits per heavy atom. The molecule has 0 fully saturated rings. The maximum Gasteiger partial charge on any atom is 0.307 e. The molecule has 2 heterocycles. The fourth-order valence-corrected chi connectivity index (χ4v) is 4.02. The van der Waals surface area contributed by atoms with Gasteiger partial charge in [0.2, 0.25) is 0 Å². The van der Waals surface area contributed by atoms with Gasteiger partial charge in [-0.3, -0.25) is 4.79 Å². The lowest BCUT2D eigenvalue weighted by molar-refractivity contribution is -0.144. The number of rotatable bonds is 4. The normalized spacial score (nSPS) is 19.7. The topological polar surface area (TPSA) is 62.3 Å². The first-order valence-corrected chi connectivity index (χ1v) is 8.70. The third-order valence-corrected chi connectivity index (χ3v) is 5.15. The minimum Gasteiger partial charge on any atom is -0.481 e. The molecule has 1 aliphatic rings. The SMILES string of the molecule is CCc1cccc2c3c([nH]c12)C(CC(=O)O)(c1ccccc1)OCC3. The number of hydrogen-bond donors (Lipinski definition) is 2. The van der Waals surface area contributed by atoms with Crippen LogP contribution in [0.4, 0.5) is 0 Å². The minimum atomic E-state index is -0.968. The molecule has 4 heteroatoms. The lowest BCUT2D eigenvalue weighted by atomic mass is 9.82. The summed E-state index contributed by atoms with van der Waals surface area (Å²) in [4.78, 5) is 15.2. The highest BCUT2D eigenvalue weighted by Gasteiger charge is 2.43. The number of carboxylic acids is 1. The highest BCUT2D eigenvalue weighted by atomic mass is 16.5. The fourth-order valence-electron chi connectivity index (χ4n) is 4.02. The summed E-state index contributed by atoms with van der Waals surface area (Å²) in [5.74, 6) is -0.869. The molecule has 0 saturated heterocycles. The maximum atomic E-state index is 11.7. The summed E-state index contributed by atoms with van der Waals surface area (Å²) in [7, 11) is 0. The van der Waals surface area contributed by atoms with Crippen LogP contribution in [0, 0.1) is 0 Å². The van der Waals surface area contributed by atoms with Gasteiger partial charge in [0.05, 0.1) is 18.7 Å². The molecule has 0 amide bonds. The molecule has 1 aliphatic heterocycles. The van der Waals surface area contributed by atoms with Gasteiger partial charge >= 0.3 is 5.97 Å². The Bertz CT molecular complexity index is 929. The molecule has 1 unspecified atom stereocenters. The summed E-state index contributed by atoms with van der Waals surface area (Å²) < 4.78 is 6.18. The Morgan fingerprint density at radius 3 is 2.72 bits per heavy atom. The van der Waals surface area contributed by atoms with Crippen LogP contribution in [0.5, 0.6) is 0 Å². The number of ether oxygens (including phenoxy) is 1. The molecule has 1 aromatic heterocycles. The Morgan fingerprint density at radius 1 is 1.20 bits per heavy atom. The van der Waals surface area contributed by atoms with Crippen molar-refractivity contribution in [1.29, 1.82) is 0 Å². The number of aromatic amines is 1. The number of hydrogen-bond acceptors (Lipinski definition) is 2. The third kappa shape index (κ3) is 2.45. The van der Waals surface area contributed by atoms with Gasteiger partial charge in [0.15, 0.2) is 0 Å². The lowest BCUT2D eigenvalue weighted by Crippen LogP contribution is -2.39. The molecule has 0 bridgehead atoms. The second kappa shape index (κ2) is 6.05. The van der Waals surface area contributed by atoms with Gasteiger partial charge in [-0.2, -0.15) is 0 Å². The molecule has 25 heavy (non-hydrogen) atoms. The zero-order valence-corrected chi connectivity index (χ0v) is 14.2. The Hall–Kier alpha value is -2.59. The predicted molar refractivity (Wildman–Crippen MR) is 96.8 cm³/mol. The van der Waals surface area contributed by atoms with E-state index in [0.717, 1.165) is 29.6 Å². The van der Waals surface area contributed by atoms with Gasteiger partial charge in [0.1, 0.15) is 5.60 Å². The van der Waals surface area contributed by atoms with Crippen molar-refractivity contribution in [2.45, 2.75) is 31.8 Å². The summed E-state index contributed by atoms with van der Waals surface area (Å²) in [5.41, 5.74) is 4.33. The molecule has 2 aromatic carbocycles. The fraction of sp³-hybridized carbons (Fsp3) is 0.286. The number of benzene rings is 2. The number of fused-ring (bicyclic) bond motifs is 3. The Balaban J connectivity index is 2.02. The molecule has 4 nitrogen and oxygen atoms in total. The van der Waals surface area contributed by atoms with Crippen molar-refractivity contribution in [3.63, 3.8) is 0 Å². The highest BCUT2D eigenvalue weighted by Crippen LogP contribution is 2.44. The number of carbonyl (C=O) groups is 1. The number of nitrogens with one attached hydrogen (secondary N) is 1. The van der Waals surface area contributed by atoms with Gasteiger partial charge < -0.3 is 14.8 Å². The van der Waals surface area contributed by atoms with Crippen molar-refractivity contribution >= 4 is 16.9 Å². The van der Waals surface area contributed by atoms with Crippen molar-refractivity contribution in [3.8, 4) is 0 Å². The second-order valence-electron chi connectivity index (χ2n) is 6.53. The lowest BCUT2D eigenvalue weighted by Gasteiger charge is -2.36. The van der Waals surface area contributed by atoms with E-state index in [1.54, 1.807) is 0 Å². The summed E-state index contributed by atoms with van der Waals surface area (Å²) >= 11 is 0. The number of carboxylic acid groups (broad SMARTS) is 1. The smallest absolute Gasteiger partial charge is 0.307 e. The maximum absolute atomic E-state index is 11.7. The average Bonchev–Trinajstić information content (AvgIpc) is 3.02. The van der Waals surface area contributed by atoms with Crippen LogP contribution in [-0.4, -0.2) is 22.7 Å². The molecule has 0 aliphatic carbocycles. The van der Waals surface area contributed by atoms with E-state index in [9.17, 15) is 9.90 Å². The summed E-state index contributed by atoms with van der Waals surface area (Å²) in [6, 6.07) is 16.0. The molecular weight excluding hydrogens is 314 g/mol. The predicted octanol–water partition coefficient (Wildman–Crippen LogP) is 4.02. The van der Waals surface area contributed by atoms with Gasteiger partial charge in [0, 0.05) is 10.9 Å². The molecule has 4 rings (SSSR count). The van der Waals surface area contributed by atoms with Crippen LogP contribution in [-0.2, 0) is 28.0 Å². The van der Waals surface area contributed by atoms with E-state index in [1.165, 1.54) is 16.5 Å². The van der Waals surface area contributed by atoms with Gasteiger partial charge in [-0.15, -0.1) is 0 Å². The van der Waals surface area contributed by atoms with Crippen LogP contribution in [0.25, 0.3) is 10.9 Å². The van der Waals surface area contributed by atoms with Crippen molar-refractivity contribution in [2.75, 3.05) is 6.61 Å². The van der Waals surface area contributed by atoms with Gasteiger partial charge in [-0.05, 0) is 29.5 Å². The molecule has 3 aromatic rings.